The molecule has 0 aromatic heterocycles. The normalized spacial score (nSPS) is 10.4. The molecule has 22 heavy (non-hydrogen) atoms. The van der Waals surface area contributed by atoms with E-state index in [9.17, 15) is 9.59 Å². The molecule has 0 fully saturated rings. The third-order valence-corrected chi connectivity index (χ3v) is 3.78. The first-order chi connectivity index (χ1) is 10.4. The van der Waals surface area contributed by atoms with Crippen LogP contribution in [0.1, 0.15) is 45.1 Å². The van der Waals surface area contributed by atoms with Crippen LogP contribution < -0.4 is 5.32 Å². The molecule has 0 saturated carbocycles. The summed E-state index contributed by atoms with van der Waals surface area (Å²) in [6.45, 7) is 6.75. The number of nitrogens with zero attached hydrogens (tertiary/aromatic N) is 1. The van der Waals surface area contributed by atoms with E-state index in [-0.39, 0.29) is 11.8 Å². The van der Waals surface area contributed by atoms with Gasteiger partial charge in [-0.2, -0.15) is 0 Å². The van der Waals surface area contributed by atoms with Crippen LogP contribution in [0.4, 0.5) is 5.69 Å². The first kappa shape index (κ1) is 18.5. The largest absolute Gasteiger partial charge is 0.342 e. The van der Waals surface area contributed by atoms with Crippen LogP contribution in [-0.4, -0.2) is 29.8 Å². The van der Waals surface area contributed by atoms with Crippen molar-refractivity contribution < 1.29 is 9.59 Å². The number of hydrogen-bond donors (Lipinski definition) is 1. The van der Waals surface area contributed by atoms with Crippen LogP contribution in [0.25, 0.3) is 0 Å². The lowest BCUT2D eigenvalue weighted by molar-refractivity contribution is -0.129. The van der Waals surface area contributed by atoms with Gasteiger partial charge in [0.1, 0.15) is 0 Å². The molecule has 0 bridgehead atoms. The third-order valence-electron chi connectivity index (χ3n) is 3.55. The first-order valence-electron chi connectivity index (χ1n) is 7.75. The van der Waals surface area contributed by atoms with Crippen molar-refractivity contribution >= 4 is 29.1 Å². The van der Waals surface area contributed by atoms with E-state index >= 15 is 0 Å². The predicted molar refractivity (Wildman–Crippen MR) is 91.2 cm³/mol. The molecule has 1 rings (SSSR count). The predicted octanol–water partition coefficient (Wildman–Crippen LogP) is 4.02. The summed E-state index contributed by atoms with van der Waals surface area (Å²) in [7, 11) is 0. The Labute approximate surface area is 137 Å². The molecule has 5 heteroatoms. The fourth-order valence-corrected chi connectivity index (χ4v) is 2.42. The van der Waals surface area contributed by atoms with Crippen LogP contribution >= 0.6 is 11.6 Å². The fourth-order valence-electron chi connectivity index (χ4n) is 2.20. The number of carbonyl (C=O) groups is 2. The zero-order valence-corrected chi connectivity index (χ0v) is 14.4. The van der Waals surface area contributed by atoms with E-state index in [1.54, 1.807) is 24.0 Å². The lowest BCUT2D eigenvalue weighted by atomic mass is 10.2. The smallest absolute Gasteiger partial charge is 0.226 e. The molecule has 0 saturated heterocycles. The highest BCUT2D eigenvalue weighted by molar-refractivity contribution is 6.30. The summed E-state index contributed by atoms with van der Waals surface area (Å²) in [5, 5.41) is 3.51. The van der Waals surface area contributed by atoms with Gasteiger partial charge in [-0.05, 0) is 37.1 Å². The minimum atomic E-state index is -0.0906. The molecule has 1 aromatic carbocycles. The second-order valence-electron chi connectivity index (χ2n) is 5.47. The van der Waals surface area contributed by atoms with Crippen molar-refractivity contribution in [2.24, 2.45) is 0 Å². The van der Waals surface area contributed by atoms with E-state index in [2.05, 4.69) is 12.2 Å². The minimum absolute atomic E-state index is 0.0200. The Morgan fingerprint density at radius 3 is 2.55 bits per heavy atom. The average Bonchev–Trinajstić information content (AvgIpc) is 2.45. The molecule has 0 aliphatic heterocycles. The van der Waals surface area contributed by atoms with Crippen LogP contribution in [0, 0.1) is 6.92 Å². The number of rotatable bonds is 8. The van der Waals surface area contributed by atoms with Gasteiger partial charge in [0.25, 0.3) is 0 Å². The maximum atomic E-state index is 12.0. The number of aryl methyl sites for hydroxylation is 1. The number of anilines is 1. The number of amides is 2. The van der Waals surface area contributed by atoms with Crippen molar-refractivity contribution in [3.63, 3.8) is 0 Å². The van der Waals surface area contributed by atoms with Crippen LogP contribution in [0.2, 0.25) is 5.02 Å². The standard InChI is InChI=1S/C17H25ClN2O2/c1-4-5-6-10-20(14(3)21)11-9-17(22)19-16-8-7-15(18)12-13(16)2/h7-8,12H,4-6,9-11H2,1-3H3,(H,19,22). The molecule has 0 unspecified atom stereocenters. The van der Waals surface area contributed by atoms with Crippen LogP contribution in [0.15, 0.2) is 18.2 Å². The van der Waals surface area contributed by atoms with Crippen molar-refractivity contribution in [1.29, 1.82) is 0 Å². The van der Waals surface area contributed by atoms with Gasteiger partial charge >= 0.3 is 0 Å². The van der Waals surface area contributed by atoms with E-state index < -0.39 is 0 Å². The van der Waals surface area contributed by atoms with Gasteiger partial charge in [-0.15, -0.1) is 0 Å². The SMILES string of the molecule is CCCCCN(CCC(=O)Nc1ccc(Cl)cc1C)C(C)=O. The van der Waals surface area contributed by atoms with Gasteiger partial charge in [-0.25, -0.2) is 0 Å². The second-order valence-corrected chi connectivity index (χ2v) is 5.91. The lowest BCUT2D eigenvalue weighted by Gasteiger charge is -2.20. The van der Waals surface area contributed by atoms with Gasteiger partial charge in [0.15, 0.2) is 0 Å². The molecular weight excluding hydrogens is 300 g/mol. The number of nitrogens with one attached hydrogen (secondary N) is 1. The number of benzene rings is 1. The summed E-state index contributed by atoms with van der Waals surface area (Å²) in [4.78, 5) is 25.3. The Morgan fingerprint density at radius 1 is 1.23 bits per heavy atom. The average molecular weight is 325 g/mol. The summed E-state index contributed by atoms with van der Waals surface area (Å²) >= 11 is 5.89. The zero-order chi connectivity index (χ0) is 16.5. The van der Waals surface area contributed by atoms with Crippen LogP contribution in [0.5, 0.6) is 0 Å². The van der Waals surface area contributed by atoms with Gasteiger partial charge < -0.3 is 10.2 Å². The Hall–Kier alpha value is -1.55. The van der Waals surface area contributed by atoms with Crippen molar-refractivity contribution in [3.05, 3.63) is 28.8 Å². The molecule has 0 aliphatic carbocycles. The molecule has 0 aliphatic rings. The van der Waals surface area contributed by atoms with Crippen molar-refractivity contribution in [2.75, 3.05) is 18.4 Å². The summed E-state index contributed by atoms with van der Waals surface area (Å²) in [5.41, 5.74) is 1.68. The molecule has 1 aromatic rings. The second kappa shape index (κ2) is 9.46. The first-order valence-corrected chi connectivity index (χ1v) is 8.13. The fraction of sp³-hybridized carbons (Fsp3) is 0.529. The number of carbonyl (C=O) groups excluding carboxylic acids is 2. The number of hydrogen-bond acceptors (Lipinski definition) is 2. The van der Waals surface area contributed by atoms with Gasteiger partial charge in [-0.1, -0.05) is 31.4 Å². The van der Waals surface area contributed by atoms with E-state index in [0.717, 1.165) is 37.1 Å². The molecular formula is C17H25ClN2O2. The molecule has 0 spiro atoms. The monoisotopic (exact) mass is 324 g/mol. The highest BCUT2D eigenvalue weighted by atomic mass is 35.5. The van der Waals surface area contributed by atoms with Gasteiger partial charge in [0.2, 0.25) is 11.8 Å². The van der Waals surface area contributed by atoms with E-state index in [0.29, 0.717) is 18.0 Å². The topological polar surface area (TPSA) is 49.4 Å². The number of halogens is 1. The van der Waals surface area contributed by atoms with E-state index in [4.69, 9.17) is 11.6 Å². The Morgan fingerprint density at radius 2 is 1.95 bits per heavy atom. The zero-order valence-electron chi connectivity index (χ0n) is 13.6. The van der Waals surface area contributed by atoms with Crippen molar-refractivity contribution in [2.45, 2.75) is 46.5 Å². The van der Waals surface area contributed by atoms with E-state index in [1.807, 2.05) is 13.0 Å². The van der Waals surface area contributed by atoms with E-state index in [1.165, 1.54) is 0 Å². The summed E-state index contributed by atoms with van der Waals surface area (Å²) < 4.78 is 0. The Bertz CT molecular complexity index is 517. The van der Waals surface area contributed by atoms with Gasteiger partial charge in [-0.3, -0.25) is 9.59 Å². The lowest BCUT2D eigenvalue weighted by Crippen LogP contribution is -2.33. The molecule has 1 N–H and O–H groups in total. The van der Waals surface area contributed by atoms with Gasteiger partial charge in [0, 0.05) is 37.1 Å². The highest BCUT2D eigenvalue weighted by Crippen LogP contribution is 2.19. The minimum Gasteiger partial charge on any atom is -0.342 e. The molecule has 2 amide bonds. The number of unbranched alkanes of at least 4 members (excludes halogenated alkanes) is 2. The highest BCUT2D eigenvalue weighted by Gasteiger charge is 2.11. The summed E-state index contributed by atoms with van der Waals surface area (Å²) in [5.74, 6) is -0.0706. The molecule has 122 valence electrons. The third kappa shape index (κ3) is 6.48. The molecule has 0 radical (unpaired) electrons. The summed E-state index contributed by atoms with van der Waals surface area (Å²) in [6, 6.07) is 5.35. The van der Waals surface area contributed by atoms with Crippen molar-refractivity contribution in [3.8, 4) is 0 Å². The molecule has 0 atom stereocenters. The maximum absolute atomic E-state index is 12.0. The quantitative estimate of drug-likeness (QED) is 0.734. The Balaban J connectivity index is 2.47. The van der Waals surface area contributed by atoms with Crippen molar-refractivity contribution in [1.82, 2.24) is 4.90 Å². The van der Waals surface area contributed by atoms with Crippen LogP contribution in [-0.2, 0) is 9.59 Å². The maximum Gasteiger partial charge on any atom is 0.226 e. The molecule has 4 nitrogen and oxygen atoms in total. The Kier molecular flexibility index (Phi) is 7.96. The summed E-state index contributed by atoms with van der Waals surface area (Å²) in [6.07, 6.45) is 3.49. The van der Waals surface area contributed by atoms with Crippen LogP contribution in [0.3, 0.4) is 0 Å². The van der Waals surface area contributed by atoms with Gasteiger partial charge in [0.05, 0.1) is 0 Å². The molecule has 0 heterocycles.